The van der Waals surface area contributed by atoms with Crippen LogP contribution in [0.5, 0.6) is 0 Å². The minimum Gasteiger partial charge on any atom is -0.396 e. The molecule has 0 aliphatic rings. The Morgan fingerprint density at radius 2 is 2.36 bits per heavy atom. The number of aliphatic hydroxyl groups excluding tert-OH is 1. The largest absolute Gasteiger partial charge is 0.396 e. The van der Waals surface area contributed by atoms with Crippen LogP contribution in [0.3, 0.4) is 0 Å². The lowest BCUT2D eigenvalue weighted by Crippen LogP contribution is -1.98. The van der Waals surface area contributed by atoms with Gasteiger partial charge in [-0.05, 0) is 0 Å². The Hall–Kier alpha value is -1.34. The van der Waals surface area contributed by atoms with Gasteiger partial charge in [-0.3, -0.25) is 0 Å². The van der Waals surface area contributed by atoms with Crippen molar-refractivity contribution in [1.29, 1.82) is 0 Å². The van der Waals surface area contributed by atoms with E-state index in [9.17, 15) is 0 Å². The molecule has 0 spiro atoms. The molecule has 0 amide bonds. The van der Waals surface area contributed by atoms with Gasteiger partial charge in [0.2, 0.25) is 5.95 Å². The van der Waals surface area contributed by atoms with Gasteiger partial charge in [-0.15, -0.1) is 11.8 Å². The van der Waals surface area contributed by atoms with Gasteiger partial charge in [-0.25, -0.2) is 9.97 Å². The van der Waals surface area contributed by atoms with E-state index in [4.69, 9.17) is 10.8 Å². The molecule has 2 aromatic rings. The Kier molecular flexibility index (Phi) is 2.51. The average Bonchev–Trinajstić information content (AvgIpc) is 2.61. The Morgan fingerprint density at radius 3 is 3.14 bits per heavy atom. The monoisotopic (exact) mass is 211 g/mol. The van der Waals surface area contributed by atoms with Gasteiger partial charge in [0.05, 0.1) is 12.9 Å². The summed E-state index contributed by atoms with van der Waals surface area (Å²) in [6.45, 7) is 0.101. The van der Waals surface area contributed by atoms with E-state index in [1.165, 1.54) is 11.8 Å². The number of anilines is 1. The zero-order valence-electron chi connectivity index (χ0n) is 7.27. The molecule has 14 heavy (non-hydrogen) atoms. The number of rotatable bonds is 3. The summed E-state index contributed by atoms with van der Waals surface area (Å²) in [5, 5.41) is 9.42. The van der Waals surface area contributed by atoms with Gasteiger partial charge < -0.3 is 15.8 Å². The lowest BCUT2D eigenvalue weighted by molar-refractivity contribution is 0.322. The molecule has 0 unspecified atom stereocenters. The number of H-pyrrole nitrogens is 1. The molecule has 2 rings (SSSR count). The van der Waals surface area contributed by atoms with Crippen LogP contribution in [-0.4, -0.2) is 37.4 Å². The van der Waals surface area contributed by atoms with Crippen molar-refractivity contribution in [2.24, 2.45) is 0 Å². The highest BCUT2D eigenvalue weighted by atomic mass is 32.2. The second kappa shape index (κ2) is 3.81. The fraction of sp³-hybridized carbons (Fsp3) is 0.286. The van der Waals surface area contributed by atoms with Gasteiger partial charge in [0.25, 0.3) is 0 Å². The second-order valence-corrected chi connectivity index (χ2v) is 3.64. The van der Waals surface area contributed by atoms with Crippen molar-refractivity contribution in [2.45, 2.75) is 5.03 Å². The number of aromatic nitrogens is 4. The number of nitrogens with zero attached hydrogens (tertiary/aromatic N) is 3. The Bertz CT molecular complexity index is 443. The molecule has 0 bridgehead atoms. The lowest BCUT2D eigenvalue weighted by atomic mass is 10.5. The third-order valence-electron chi connectivity index (χ3n) is 1.60. The third-order valence-corrected chi connectivity index (χ3v) is 2.56. The van der Waals surface area contributed by atoms with Crippen LogP contribution in [0.2, 0.25) is 0 Å². The van der Waals surface area contributed by atoms with Gasteiger partial charge in [-0.1, -0.05) is 0 Å². The molecular formula is C7H9N5OS. The van der Waals surface area contributed by atoms with Gasteiger partial charge >= 0.3 is 0 Å². The normalized spacial score (nSPS) is 10.9. The zero-order chi connectivity index (χ0) is 9.97. The Morgan fingerprint density at radius 1 is 1.50 bits per heavy atom. The first kappa shape index (κ1) is 9.22. The third kappa shape index (κ3) is 1.64. The summed E-state index contributed by atoms with van der Waals surface area (Å²) in [7, 11) is 0. The molecule has 0 aromatic carbocycles. The fourth-order valence-corrected chi connectivity index (χ4v) is 1.81. The van der Waals surface area contributed by atoms with Crippen LogP contribution in [0.4, 0.5) is 5.95 Å². The molecule has 0 saturated carbocycles. The Balaban J connectivity index is 2.44. The SMILES string of the molecule is Nc1nc(SCCO)c2[nH]cnc2n1. The maximum atomic E-state index is 8.70. The summed E-state index contributed by atoms with van der Waals surface area (Å²) in [6, 6.07) is 0. The average molecular weight is 211 g/mol. The summed E-state index contributed by atoms with van der Waals surface area (Å²) in [4.78, 5) is 14.9. The van der Waals surface area contributed by atoms with E-state index in [0.29, 0.717) is 11.4 Å². The summed E-state index contributed by atoms with van der Waals surface area (Å²) >= 11 is 1.42. The first-order valence-corrected chi connectivity index (χ1v) is 5.00. The smallest absolute Gasteiger partial charge is 0.223 e. The highest BCUT2D eigenvalue weighted by Gasteiger charge is 2.07. The van der Waals surface area contributed by atoms with Gasteiger partial charge in [0, 0.05) is 5.75 Å². The first-order chi connectivity index (χ1) is 6.81. The number of hydrogen-bond donors (Lipinski definition) is 3. The van der Waals surface area contributed by atoms with Gasteiger partial charge in [0.15, 0.2) is 5.65 Å². The number of fused-ring (bicyclic) bond motifs is 1. The second-order valence-electron chi connectivity index (χ2n) is 2.56. The molecule has 2 aromatic heterocycles. The van der Waals surface area contributed by atoms with E-state index >= 15 is 0 Å². The van der Waals surface area contributed by atoms with E-state index in [1.54, 1.807) is 6.33 Å². The molecule has 6 nitrogen and oxygen atoms in total. The van der Waals surface area contributed by atoms with Crippen molar-refractivity contribution in [3.05, 3.63) is 6.33 Å². The predicted octanol–water partition coefficient (Wildman–Crippen LogP) is 0.0195. The van der Waals surface area contributed by atoms with Crippen LogP contribution >= 0.6 is 11.8 Å². The van der Waals surface area contributed by atoms with E-state index in [0.717, 1.165) is 10.5 Å². The number of nitrogens with one attached hydrogen (secondary N) is 1. The first-order valence-electron chi connectivity index (χ1n) is 4.01. The standard InChI is InChI=1S/C7H9N5OS/c8-7-11-5-4(9-3-10-5)6(12-7)14-2-1-13/h3,13H,1-2H2,(H3,8,9,10,11,12). The van der Waals surface area contributed by atoms with E-state index < -0.39 is 0 Å². The maximum Gasteiger partial charge on any atom is 0.223 e. The maximum absolute atomic E-state index is 8.70. The minimum atomic E-state index is 0.101. The van der Waals surface area contributed by atoms with Crippen LogP contribution in [0.15, 0.2) is 11.4 Å². The van der Waals surface area contributed by atoms with E-state index in [1.807, 2.05) is 0 Å². The highest BCUT2D eigenvalue weighted by molar-refractivity contribution is 7.99. The number of thioether (sulfide) groups is 1. The topological polar surface area (TPSA) is 101 Å². The van der Waals surface area contributed by atoms with Crippen molar-refractivity contribution in [2.75, 3.05) is 18.1 Å². The van der Waals surface area contributed by atoms with E-state index in [-0.39, 0.29) is 12.6 Å². The number of aromatic amines is 1. The number of imidazole rings is 1. The van der Waals surface area contributed by atoms with Crippen molar-refractivity contribution in [1.82, 2.24) is 19.9 Å². The molecule has 0 radical (unpaired) electrons. The van der Waals surface area contributed by atoms with E-state index in [2.05, 4.69) is 19.9 Å². The quantitative estimate of drug-likeness (QED) is 0.488. The molecule has 0 atom stereocenters. The number of hydrogen-bond acceptors (Lipinski definition) is 6. The highest BCUT2D eigenvalue weighted by Crippen LogP contribution is 2.22. The van der Waals surface area contributed by atoms with Crippen molar-refractivity contribution < 1.29 is 5.11 Å². The molecule has 74 valence electrons. The lowest BCUT2D eigenvalue weighted by Gasteiger charge is -2.00. The van der Waals surface area contributed by atoms with Crippen molar-refractivity contribution >= 4 is 28.9 Å². The molecule has 2 heterocycles. The predicted molar refractivity (Wildman–Crippen MR) is 53.9 cm³/mol. The molecule has 0 saturated heterocycles. The zero-order valence-corrected chi connectivity index (χ0v) is 8.08. The molecular weight excluding hydrogens is 202 g/mol. The van der Waals surface area contributed by atoms with Gasteiger partial charge in [-0.2, -0.15) is 4.98 Å². The summed E-state index contributed by atoms with van der Waals surface area (Å²) < 4.78 is 0. The van der Waals surface area contributed by atoms with Crippen molar-refractivity contribution in [3.8, 4) is 0 Å². The number of aliphatic hydroxyl groups is 1. The molecule has 7 heteroatoms. The summed E-state index contributed by atoms with van der Waals surface area (Å²) in [6.07, 6.45) is 1.54. The molecule has 4 N–H and O–H groups in total. The summed E-state index contributed by atoms with van der Waals surface area (Å²) in [5.41, 5.74) is 6.82. The number of nitrogens with two attached hydrogens (primary N) is 1. The van der Waals surface area contributed by atoms with Crippen LogP contribution in [0.25, 0.3) is 11.2 Å². The fourth-order valence-electron chi connectivity index (χ4n) is 1.07. The van der Waals surface area contributed by atoms with Crippen LogP contribution in [0.1, 0.15) is 0 Å². The van der Waals surface area contributed by atoms with Crippen molar-refractivity contribution in [3.63, 3.8) is 0 Å². The van der Waals surface area contributed by atoms with Crippen LogP contribution in [0, 0.1) is 0 Å². The molecule has 0 fully saturated rings. The summed E-state index contributed by atoms with van der Waals surface area (Å²) in [5.74, 6) is 0.773. The minimum absolute atomic E-state index is 0.101. The molecule has 0 aliphatic carbocycles. The Labute approximate surface area is 84.0 Å². The number of nitrogen functional groups attached to an aromatic ring is 1. The van der Waals surface area contributed by atoms with Crippen LogP contribution < -0.4 is 5.73 Å². The molecule has 0 aliphatic heterocycles. The van der Waals surface area contributed by atoms with Crippen LogP contribution in [-0.2, 0) is 0 Å². The van der Waals surface area contributed by atoms with Gasteiger partial charge in [0.1, 0.15) is 10.5 Å².